The van der Waals surface area contributed by atoms with Crippen LogP contribution in [-0.4, -0.2) is 33.6 Å². The maximum absolute atomic E-state index is 12.9. The number of rotatable bonds is 5. The van der Waals surface area contributed by atoms with Gasteiger partial charge in [0.2, 0.25) is 0 Å². The van der Waals surface area contributed by atoms with Gasteiger partial charge in [-0.25, -0.2) is 14.6 Å². The van der Waals surface area contributed by atoms with Crippen molar-refractivity contribution < 1.29 is 14.3 Å². The zero-order valence-electron chi connectivity index (χ0n) is 15.5. The Balaban J connectivity index is 1.78. The van der Waals surface area contributed by atoms with Gasteiger partial charge in [0.15, 0.2) is 11.9 Å². The van der Waals surface area contributed by atoms with Gasteiger partial charge < -0.3 is 19.9 Å². The molecule has 0 spiro atoms. The number of ether oxygens (including phenoxy) is 1. The topological polar surface area (TPSA) is 85.2 Å². The molecule has 1 heterocycles. The smallest absolute Gasteiger partial charge is 0.332 e. The van der Waals surface area contributed by atoms with Crippen LogP contribution in [0.3, 0.4) is 0 Å². The summed E-state index contributed by atoms with van der Waals surface area (Å²) < 4.78 is 7.68. The van der Waals surface area contributed by atoms with Crippen molar-refractivity contribution in [3.8, 4) is 0 Å². The molecule has 1 saturated carbocycles. The van der Waals surface area contributed by atoms with Crippen molar-refractivity contribution in [3.63, 3.8) is 0 Å². The molecule has 0 bridgehead atoms. The third-order valence-corrected chi connectivity index (χ3v) is 5.01. The molecular weight excluding hydrogens is 332 g/mol. The van der Waals surface area contributed by atoms with Crippen molar-refractivity contribution >= 4 is 23.0 Å². The summed E-state index contributed by atoms with van der Waals surface area (Å²) in [5, 5.41) is 5.53. The van der Waals surface area contributed by atoms with Crippen LogP contribution in [0.15, 0.2) is 24.3 Å². The standard InChI is InChI=1S/C19H26N4O3/c1-4-20-18(25)22-19(11-7-8-12-19)17(24)26-13(2)16-21-14-9-5-6-10-15(14)23(16)3/h5-6,9-10,13H,4,7-8,11-12H2,1-3H3,(H2,20,22,25). The molecule has 1 fully saturated rings. The van der Waals surface area contributed by atoms with E-state index in [1.807, 2.05) is 49.7 Å². The Morgan fingerprint density at radius 3 is 2.65 bits per heavy atom. The van der Waals surface area contributed by atoms with E-state index in [-0.39, 0.29) is 12.0 Å². The summed E-state index contributed by atoms with van der Waals surface area (Å²) in [5.41, 5.74) is 0.906. The first-order valence-corrected chi connectivity index (χ1v) is 9.15. The van der Waals surface area contributed by atoms with Gasteiger partial charge in [-0.15, -0.1) is 0 Å². The van der Waals surface area contributed by atoms with Gasteiger partial charge in [-0.2, -0.15) is 0 Å². The molecule has 7 nitrogen and oxygen atoms in total. The molecule has 26 heavy (non-hydrogen) atoms. The zero-order chi connectivity index (χ0) is 18.7. The minimum Gasteiger partial charge on any atom is -0.453 e. The number of para-hydroxylation sites is 2. The lowest BCUT2D eigenvalue weighted by atomic mass is 9.98. The molecule has 3 rings (SSSR count). The van der Waals surface area contributed by atoms with Crippen LogP contribution in [0.4, 0.5) is 4.79 Å². The average molecular weight is 358 g/mol. The van der Waals surface area contributed by atoms with Crippen LogP contribution in [0.1, 0.15) is 51.5 Å². The van der Waals surface area contributed by atoms with Crippen molar-refractivity contribution in [2.24, 2.45) is 7.05 Å². The number of nitrogens with one attached hydrogen (secondary N) is 2. The number of hydrogen-bond donors (Lipinski definition) is 2. The lowest BCUT2D eigenvalue weighted by Gasteiger charge is -2.29. The predicted octanol–water partition coefficient (Wildman–Crippen LogP) is 2.81. The first kappa shape index (κ1) is 18.2. The van der Waals surface area contributed by atoms with Crippen LogP contribution >= 0.6 is 0 Å². The fourth-order valence-corrected chi connectivity index (χ4v) is 3.63. The third kappa shape index (κ3) is 3.38. The number of nitrogens with zero attached hydrogens (tertiary/aromatic N) is 2. The maximum atomic E-state index is 12.9. The van der Waals surface area contributed by atoms with Crippen LogP contribution in [0.5, 0.6) is 0 Å². The van der Waals surface area contributed by atoms with E-state index in [4.69, 9.17) is 4.74 Å². The quantitative estimate of drug-likeness (QED) is 0.805. The van der Waals surface area contributed by atoms with E-state index in [0.717, 1.165) is 23.9 Å². The summed E-state index contributed by atoms with van der Waals surface area (Å²) in [4.78, 5) is 29.5. The number of esters is 1. The number of benzene rings is 1. The second kappa shape index (κ2) is 7.35. The van der Waals surface area contributed by atoms with Gasteiger partial charge in [-0.05, 0) is 38.8 Å². The van der Waals surface area contributed by atoms with Gasteiger partial charge in [-0.3, -0.25) is 0 Å². The van der Waals surface area contributed by atoms with E-state index >= 15 is 0 Å². The number of hydrogen-bond acceptors (Lipinski definition) is 4. The molecule has 1 atom stereocenters. The molecule has 0 saturated heterocycles. The van der Waals surface area contributed by atoms with Crippen molar-refractivity contribution in [2.45, 2.75) is 51.2 Å². The molecular formula is C19H26N4O3. The van der Waals surface area contributed by atoms with Gasteiger partial charge >= 0.3 is 12.0 Å². The fraction of sp³-hybridized carbons (Fsp3) is 0.526. The molecule has 2 N–H and O–H groups in total. The second-order valence-electron chi connectivity index (χ2n) is 6.84. The monoisotopic (exact) mass is 358 g/mol. The van der Waals surface area contributed by atoms with E-state index in [2.05, 4.69) is 15.6 Å². The summed E-state index contributed by atoms with van der Waals surface area (Å²) >= 11 is 0. The molecule has 7 heteroatoms. The molecule has 1 aromatic heterocycles. The Kier molecular flexibility index (Phi) is 5.15. The van der Waals surface area contributed by atoms with Gasteiger partial charge in [0.1, 0.15) is 5.54 Å². The van der Waals surface area contributed by atoms with E-state index in [1.54, 1.807) is 0 Å². The first-order chi connectivity index (χ1) is 12.5. The number of imidazole rings is 1. The molecule has 0 aliphatic heterocycles. The van der Waals surface area contributed by atoms with Crippen molar-refractivity contribution in [1.82, 2.24) is 20.2 Å². The minimum absolute atomic E-state index is 0.332. The summed E-state index contributed by atoms with van der Waals surface area (Å²) in [6, 6.07) is 7.47. The molecule has 1 aromatic carbocycles. The maximum Gasteiger partial charge on any atom is 0.332 e. The van der Waals surface area contributed by atoms with Crippen molar-refractivity contribution in [1.29, 1.82) is 0 Å². The minimum atomic E-state index is -0.946. The number of aromatic nitrogens is 2. The van der Waals surface area contributed by atoms with Gasteiger partial charge in [0, 0.05) is 13.6 Å². The summed E-state index contributed by atoms with van der Waals surface area (Å²) in [6.07, 6.45) is 2.47. The Bertz CT molecular complexity index is 808. The fourth-order valence-electron chi connectivity index (χ4n) is 3.63. The van der Waals surface area contributed by atoms with Crippen LogP contribution in [0.25, 0.3) is 11.0 Å². The molecule has 1 unspecified atom stereocenters. The highest BCUT2D eigenvalue weighted by Crippen LogP contribution is 2.33. The van der Waals surface area contributed by atoms with Crippen LogP contribution in [0, 0.1) is 0 Å². The Labute approximate surface area is 153 Å². The summed E-state index contributed by atoms with van der Waals surface area (Å²) in [6.45, 7) is 4.16. The number of amides is 2. The van der Waals surface area contributed by atoms with E-state index < -0.39 is 11.6 Å². The second-order valence-corrected chi connectivity index (χ2v) is 6.84. The normalized spacial score (nSPS) is 17.0. The molecule has 1 aliphatic rings. The number of fused-ring (bicyclic) bond motifs is 1. The molecule has 140 valence electrons. The largest absolute Gasteiger partial charge is 0.453 e. The average Bonchev–Trinajstić information content (AvgIpc) is 3.21. The highest BCUT2D eigenvalue weighted by Gasteiger charge is 2.44. The highest BCUT2D eigenvalue weighted by molar-refractivity contribution is 5.88. The molecule has 0 radical (unpaired) electrons. The molecule has 2 aromatic rings. The van der Waals surface area contributed by atoms with Crippen molar-refractivity contribution in [2.75, 3.05) is 6.54 Å². The van der Waals surface area contributed by atoms with Crippen molar-refractivity contribution in [3.05, 3.63) is 30.1 Å². The number of carbonyl (C=O) groups is 2. The lowest BCUT2D eigenvalue weighted by molar-refractivity contribution is -0.156. The molecule has 1 aliphatic carbocycles. The van der Waals surface area contributed by atoms with E-state index in [9.17, 15) is 9.59 Å². The van der Waals surface area contributed by atoms with Gasteiger partial charge in [-0.1, -0.05) is 25.0 Å². The Morgan fingerprint density at radius 1 is 1.31 bits per heavy atom. The van der Waals surface area contributed by atoms with Crippen LogP contribution < -0.4 is 10.6 Å². The Morgan fingerprint density at radius 2 is 2.00 bits per heavy atom. The molecule has 2 amide bonds. The number of carbonyl (C=O) groups excluding carboxylic acids is 2. The van der Waals surface area contributed by atoms with E-state index in [0.29, 0.717) is 25.2 Å². The predicted molar refractivity (Wildman–Crippen MR) is 98.6 cm³/mol. The highest BCUT2D eigenvalue weighted by atomic mass is 16.5. The summed E-state index contributed by atoms with van der Waals surface area (Å²) in [7, 11) is 1.91. The third-order valence-electron chi connectivity index (χ3n) is 5.01. The number of urea groups is 1. The van der Waals surface area contributed by atoms with Gasteiger partial charge in [0.25, 0.3) is 0 Å². The summed E-state index contributed by atoms with van der Waals surface area (Å²) in [5.74, 6) is 0.298. The lowest BCUT2D eigenvalue weighted by Crippen LogP contribution is -2.56. The SMILES string of the molecule is CCNC(=O)NC1(C(=O)OC(C)c2nc3ccccc3n2C)CCCC1. The van der Waals surface area contributed by atoms with Crippen LogP contribution in [0.2, 0.25) is 0 Å². The van der Waals surface area contributed by atoms with Crippen LogP contribution in [-0.2, 0) is 16.6 Å². The Hall–Kier alpha value is -2.57. The van der Waals surface area contributed by atoms with Gasteiger partial charge in [0.05, 0.1) is 11.0 Å². The first-order valence-electron chi connectivity index (χ1n) is 9.15. The van der Waals surface area contributed by atoms with E-state index in [1.165, 1.54) is 0 Å². The number of aryl methyl sites for hydroxylation is 1. The zero-order valence-corrected chi connectivity index (χ0v) is 15.5.